The Balaban J connectivity index is 3.75. The molecule has 0 saturated carbocycles. The van der Waals surface area contributed by atoms with Crippen molar-refractivity contribution >= 4 is 5.91 Å². The Morgan fingerprint density at radius 3 is 2.50 bits per heavy atom. The molecule has 1 unspecified atom stereocenters. The van der Waals surface area contributed by atoms with Crippen molar-refractivity contribution in [1.29, 1.82) is 0 Å². The highest BCUT2D eigenvalue weighted by molar-refractivity contribution is 5.79. The summed E-state index contributed by atoms with van der Waals surface area (Å²) < 4.78 is 0. The first kappa shape index (κ1) is 17.4. The zero-order valence-electron chi connectivity index (χ0n) is 12.2. The molecule has 0 aromatic rings. The summed E-state index contributed by atoms with van der Waals surface area (Å²) in [6, 6.07) is -0.307. The molecule has 0 fully saturated rings. The van der Waals surface area contributed by atoms with Gasteiger partial charge in [-0.2, -0.15) is 0 Å². The van der Waals surface area contributed by atoms with E-state index >= 15 is 0 Å². The fourth-order valence-corrected chi connectivity index (χ4v) is 1.84. The molecular weight excluding hydrogens is 230 g/mol. The van der Waals surface area contributed by atoms with Crippen LogP contribution in [0.25, 0.3) is 0 Å². The Morgan fingerprint density at radius 1 is 1.28 bits per heavy atom. The number of amides is 1. The maximum atomic E-state index is 11.8. The molecule has 1 amide bonds. The molecule has 0 saturated heterocycles. The topological polar surface area (TPSA) is 72.6 Å². The van der Waals surface area contributed by atoms with Crippen LogP contribution < -0.4 is 10.6 Å². The standard InChI is InChI=1S/C13H29N3O2/c1-4-5-6-7-9-12(14)13(17)16(18)11-8-10-15(2)3/h12,18H,4-11,14H2,1-3H3/p+2. The number of hydroxylamine groups is 2. The second-order valence-electron chi connectivity index (χ2n) is 5.32. The Bertz CT molecular complexity index is 222. The van der Waals surface area contributed by atoms with Gasteiger partial charge in [-0.05, 0) is 6.42 Å². The summed E-state index contributed by atoms with van der Waals surface area (Å²) in [4.78, 5) is 13.1. The van der Waals surface area contributed by atoms with E-state index in [2.05, 4.69) is 26.8 Å². The number of hydrogen-bond donors (Lipinski definition) is 3. The summed E-state index contributed by atoms with van der Waals surface area (Å²) in [6.07, 6.45) is 6.14. The summed E-state index contributed by atoms with van der Waals surface area (Å²) in [5.41, 5.74) is 3.84. The second-order valence-corrected chi connectivity index (χ2v) is 5.32. The molecule has 0 spiro atoms. The van der Waals surface area contributed by atoms with Gasteiger partial charge in [0.15, 0.2) is 6.04 Å². The highest BCUT2D eigenvalue weighted by Gasteiger charge is 2.22. The summed E-state index contributed by atoms with van der Waals surface area (Å²) in [5.74, 6) is -0.236. The zero-order valence-corrected chi connectivity index (χ0v) is 12.2. The van der Waals surface area contributed by atoms with Gasteiger partial charge in [0, 0.05) is 12.8 Å². The van der Waals surface area contributed by atoms with Crippen LogP contribution in [-0.4, -0.2) is 49.4 Å². The molecule has 0 aliphatic carbocycles. The van der Waals surface area contributed by atoms with Gasteiger partial charge in [0.1, 0.15) is 0 Å². The molecular formula is C13H31N3O2+2. The fraction of sp³-hybridized carbons (Fsp3) is 0.923. The van der Waals surface area contributed by atoms with Crippen molar-refractivity contribution in [2.45, 2.75) is 51.5 Å². The molecule has 0 aliphatic rings. The number of quaternary nitrogens is 2. The van der Waals surface area contributed by atoms with Crippen LogP contribution in [0.4, 0.5) is 0 Å². The van der Waals surface area contributed by atoms with Gasteiger partial charge in [0.2, 0.25) is 0 Å². The fourth-order valence-electron chi connectivity index (χ4n) is 1.84. The van der Waals surface area contributed by atoms with Gasteiger partial charge >= 0.3 is 5.91 Å². The molecule has 0 bridgehead atoms. The lowest BCUT2D eigenvalue weighted by molar-refractivity contribution is -0.858. The van der Waals surface area contributed by atoms with Gasteiger partial charge in [0.05, 0.1) is 27.2 Å². The van der Waals surface area contributed by atoms with E-state index in [0.717, 1.165) is 37.3 Å². The SMILES string of the molecule is CCCCCCC([NH3+])C(=O)N(O)CCC[NH+](C)C. The summed E-state index contributed by atoms with van der Waals surface area (Å²) in [5, 5.41) is 10.5. The van der Waals surface area contributed by atoms with Gasteiger partial charge in [-0.25, -0.2) is 5.06 Å². The Hall–Kier alpha value is -0.650. The van der Waals surface area contributed by atoms with Crippen LogP contribution in [0.15, 0.2) is 0 Å². The maximum absolute atomic E-state index is 11.8. The first-order valence-electron chi connectivity index (χ1n) is 7.11. The van der Waals surface area contributed by atoms with Crippen LogP contribution in [-0.2, 0) is 4.79 Å². The van der Waals surface area contributed by atoms with Gasteiger partial charge in [0.25, 0.3) is 0 Å². The lowest BCUT2D eigenvalue weighted by Crippen LogP contribution is -3.05. The Morgan fingerprint density at radius 2 is 1.94 bits per heavy atom. The molecule has 0 aromatic heterocycles. The molecule has 0 rings (SSSR count). The van der Waals surface area contributed by atoms with Crippen molar-refractivity contribution in [3.63, 3.8) is 0 Å². The smallest absolute Gasteiger partial charge is 0.303 e. The second kappa shape index (κ2) is 10.3. The predicted octanol–water partition coefficient (Wildman–Crippen LogP) is -0.680. The van der Waals surface area contributed by atoms with Gasteiger partial charge in [-0.15, -0.1) is 0 Å². The molecule has 0 aliphatic heterocycles. The molecule has 5 nitrogen and oxygen atoms in total. The van der Waals surface area contributed by atoms with Crippen LogP contribution in [0.2, 0.25) is 0 Å². The predicted molar refractivity (Wildman–Crippen MR) is 71.2 cm³/mol. The van der Waals surface area contributed by atoms with E-state index in [4.69, 9.17) is 0 Å². The highest BCUT2D eigenvalue weighted by atomic mass is 16.5. The third-order valence-electron chi connectivity index (χ3n) is 3.06. The molecule has 1 atom stereocenters. The lowest BCUT2D eigenvalue weighted by Gasteiger charge is -2.17. The van der Waals surface area contributed by atoms with E-state index in [1.807, 2.05) is 0 Å². The molecule has 0 radical (unpaired) electrons. The van der Waals surface area contributed by atoms with Gasteiger partial charge < -0.3 is 10.6 Å². The van der Waals surface area contributed by atoms with Crippen LogP contribution in [0.1, 0.15) is 45.4 Å². The van der Waals surface area contributed by atoms with E-state index in [-0.39, 0.29) is 11.9 Å². The van der Waals surface area contributed by atoms with Gasteiger partial charge in [-0.3, -0.25) is 10.0 Å². The van der Waals surface area contributed by atoms with Crippen molar-refractivity contribution in [1.82, 2.24) is 5.06 Å². The zero-order chi connectivity index (χ0) is 14.0. The normalized spacial score (nSPS) is 12.8. The molecule has 0 aromatic carbocycles. The number of carbonyl (C=O) groups excluding carboxylic acids is 1. The minimum absolute atomic E-state index is 0.236. The number of nitrogens with one attached hydrogen (secondary N) is 1. The summed E-state index contributed by atoms with van der Waals surface area (Å²) >= 11 is 0. The van der Waals surface area contributed by atoms with Crippen molar-refractivity contribution in [3.05, 3.63) is 0 Å². The van der Waals surface area contributed by atoms with Crippen LogP contribution >= 0.6 is 0 Å². The van der Waals surface area contributed by atoms with Gasteiger partial charge in [-0.1, -0.05) is 26.2 Å². The summed E-state index contributed by atoms with van der Waals surface area (Å²) in [7, 11) is 4.11. The van der Waals surface area contributed by atoms with Crippen molar-refractivity contribution in [3.8, 4) is 0 Å². The average Bonchev–Trinajstić information content (AvgIpc) is 2.32. The van der Waals surface area contributed by atoms with Crippen LogP contribution in [0.5, 0.6) is 0 Å². The highest BCUT2D eigenvalue weighted by Crippen LogP contribution is 2.05. The first-order valence-corrected chi connectivity index (χ1v) is 7.11. The first-order chi connectivity index (χ1) is 8.49. The molecule has 18 heavy (non-hydrogen) atoms. The number of rotatable bonds is 10. The monoisotopic (exact) mass is 261 g/mol. The maximum Gasteiger partial charge on any atom is 0.303 e. The lowest BCUT2D eigenvalue weighted by atomic mass is 10.1. The van der Waals surface area contributed by atoms with E-state index in [0.29, 0.717) is 6.54 Å². The quantitative estimate of drug-likeness (QED) is 0.277. The average molecular weight is 261 g/mol. The molecule has 108 valence electrons. The van der Waals surface area contributed by atoms with Crippen LogP contribution in [0, 0.1) is 0 Å². The minimum Gasteiger partial charge on any atom is -0.347 e. The number of nitrogens with zero attached hydrogens (tertiary/aromatic N) is 1. The molecule has 0 heterocycles. The van der Waals surface area contributed by atoms with Crippen molar-refractivity contribution in [2.24, 2.45) is 0 Å². The Labute approximate surface area is 111 Å². The largest absolute Gasteiger partial charge is 0.347 e. The van der Waals surface area contributed by atoms with E-state index in [9.17, 15) is 10.0 Å². The molecule has 5 N–H and O–H groups in total. The van der Waals surface area contributed by atoms with E-state index < -0.39 is 0 Å². The van der Waals surface area contributed by atoms with Crippen molar-refractivity contribution < 1.29 is 20.6 Å². The minimum atomic E-state index is -0.307. The Kier molecular flexibility index (Phi) is 9.92. The molecule has 5 heteroatoms. The van der Waals surface area contributed by atoms with E-state index in [1.165, 1.54) is 17.7 Å². The summed E-state index contributed by atoms with van der Waals surface area (Å²) in [6.45, 7) is 3.52. The number of unbranched alkanes of at least 4 members (excludes halogenated alkanes) is 3. The third-order valence-corrected chi connectivity index (χ3v) is 3.06. The number of hydrogen-bond acceptors (Lipinski definition) is 2. The van der Waals surface area contributed by atoms with Crippen molar-refractivity contribution in [2.75, 3.05) is 27.2 Å². The van der Waals surface area contributed by atoms with E-state index in [1.54, 1.807) is 0 Å². The van der Waals surface area contributed by atoms with Crippen LogP contribution in [0.3, 0.4) is 0 Å². The third kappa shape index (κ3) is 8.44. The number of carbonyl (C=O) groups is 1.